The molecule has 0 unspecified atom stereocenters. The number of carbonyl (C=O) groups is 1. The Morgan fingerprint density at radius 1 is 1.06 bits per heavy atom. The highest BCUT2D eigenvalue weighted by Gasteiger charge is 2.20. The molecule has 1 aromatic heterocycles. The van der Waals surface area contributed by atoms with E-state index in [-0.39, 0.29) is 6.03 Å². The lowest BCUT2D eigenvalue weighted by atomic mass is 10.1. The van der Waals surface area contributed by atoms with Crippen LogP contribution in [0.25, 0.3) is 0 Å². The number of nitrogens with one attached hydrogen (secondary N) is 2. The molecule has 0 aliphatic carbocycles. The normalized spacial score (nSPS) is 14.3. The van der Waals surface area contributed by atoms with Crippen molar-refractivity contribution in [3.8, 4) is 0 Å². The smallest absolute Gasteiger partial charge is 0.319 e. The van der Waals surface area contributed by atoms with Gasteiger partial charge in [-0.3, -0.25) is 4.90 Å². The molecule has 2 N–H and O–H groups in total. The van der Waals surface area contributed by atoms with Gasteiger partial charge in [-0.25, -0.2) is 9.78 Å². The van der Waals surface area contributed by atoms with Gasteiger partial charge >= 0.3 is 6.03 Å². The van der Waals surface area contributed by atoms with E-state index in [1.165, 1.54) is 11.5 Å². The van der Waals surface area contributed by atoms with Gasteiger partial charge in [-0.1, -0.05) is 41.9 Å². The molecule has 0 bridgehead atoms. The highest BCUT2D eigenvalue weighted by Crippen LogP contribution is 2.21. The number of halogens is 1. The predicted molar refractivity (Wildman–Crippen MR) is 136 cm³/mol. The monoisotopic (exact) mass is 484 g/mol. The van der Waals surface area contributed by atoms with Crippen molar-refractivity contribution in [3.05, 3.63) is 70.0 Å². The molecule has 0 saturated carbocycles. The van der Waals surface area contributed by atoms with E-state index in [1.54, 1.807) is 0 Å². The fourth-order valence-electron chi connectivity index (χ4n) is 3.89. The van der Waals surface area contributed by atoms with E-state index < -0.39 is 0 Å². The Hall–Kier alpha value is -2.68. The SMILES string of the molecule is Cc1cccc(C)c1NC(=O)NCCN1CCN(c2nc(Cc3ccc(Cl)cc3)ns2)CC1. The number of aryl methyl sites for hydroxylation is 2. The summed E-state index contributed by atoms with van der Waals surface area (Å²) < 4.78 is 4.53. The van der Waals surface area contributed by atoms with Crippen LogP contribution in [0.1, 0.15) is 22.5 Å². The van der Waals surface area contributed by atoms with Crippen molar-refractivity contribution in [1.82, 2.24) is 19.6 Å². The Balaban J connectivity index is 1.18. The van der Waals surface area contributed by atoms with Crippen LogP contribution < -0.4 is 15.5 Å². The minimum absolute atomic E-state index is 0.159. The summed E-state index contributed by atoms with van der Waals surface area (Å²) in [5.74, 6) is 0.846. The van der Waals surface area contributed by atoms with E-state index >= 15 is 0 Å². The highest BCUT2D eigenvalue weighted by atomic mass is 35.5. The summed E-state index contributed by atoms with van der Waals surface area (Å²) >= 11 is 7.42. The first-order chi connectivity index (χ1) is 16.0. The second-order valence-corrected chi connectivity index (χ2v) is 9.44. The molecule has 0 radical (unpaired) electrons. The maximum absolute atomic E-state index is 12.3. The summed E-state index contributed by atoms with van der Waals surface area (Å²) in [5.41, 5.74) is 4.17. The molecule has 7 nitrogen and oxygen atoms in total. The fourth-order valence-corrected chi connectivity index (χ4v) is 4.75. The van der Waals surface area contributed by atoms with Gasteiger partial charge in [-0.2, -0.15) is 4.37 Å². The molecule has 0 atom stereocenters. The average molecular weight is 485 g/mol. The number of nitrogens with zero attached hydrogens (tertiary/aromatic N) is 4. The number of urea groups is 1. The Morgan fingerprint density at radius 2 is 1.76 bits per heavy atom. The summed E-state index contributed by atoms with van der Waals surface area (Å²) in [5, 5.41) is 7.66. The van der Waals surface area contributed by atoms with Crippen molar-refractivity contribution in [2.45, 2.75) is 20.3 Å². The minimum atomic E-state index is -0.159. The first-order valence-electron chi connectivity index (χ1n) is 11.1. The van der Waals surface area contributed by atoms with Crippen LogP contribution in [0.15, 0.2) is 42.5 Å². The molecular formula is C24H29ClN6OS. The van der Waals surface area contributed by atoms with Crippen LogP contribution in [-0.4, -0.2) is 59.6 Å². The van der Waals surface area contributed by atoms with Gasteiger partial charge in [0, 0.05) is 67.9 Å². The van der Waals surface area contributed by atoms with Crippen molar-refractivity contribution >= 4 is 40.0 Å². The molecular weight excluding hydrogens is 456 g/mol. The lowest BCUT2D eigenvalue weighted by Gasteiger charge is -2.34. The second kappa shape index (κ2) is 11.0. The summed E-state index contributed by atoms with van der Waals surface area (Å²) in [6.07, 6.45) is 0.712. The van der Waals surface area contributed by atoms with Gasteiger partial charge < -0.3 is 15.5 Å². The van der Waals surface area contributed by atoms with Gasteiger partial charge in [0.2, 0.25) is 5.13 Å². The van der Waals surface area contributed by atoms with Crippen molar-refractivity contribution in [2.24, 2.45) is 0 Å². The van der Waals surface area contributed by atoms with Crippen LogP contribution in [0.2, 0.25) is 5.02 Å². The minimum Gasteiger partial charge on any atom is -0.344 e. The standard InChI is InChI=1S/C24H29ClN6OS/c1-17-4-3-5-18(2)22(17)28-23(32)26-10-11-30-12-14-31(15-13-30)24-27-21(29-33-24)16-19-6-8-20(25)9-7-19/h3-9H,10-16H2,1-2H3,(H2,26,28,32). The Labute approximate surface area is 203 Å². The zero-order valence-corrected chi connectivity index (χ0v) is 20.5. The van der Waals surface area contributed by atoms with Crippen molar-refractivity contribution < 1.29 is 4.79 Å². The van der Waals surface area contributed by atoms with Gasteiger partial charge in [-0.15, -0.1) is 0 Å². The first-order valence-corrected chi connectivity index (χ1v) is 12.3. The quantitative estimate of drug-likeness (QED) is 0.521. The van der Waals surface area contributed by atoms with Crippen LogP contribution in [-0.2, 0) is 6.42 Å². The topological polar surface area (TPSA) is 73.4 Å². The Bertz CT molecular complexity index is 1060. The molecule has 2 aromatic carbocycles. The van der Waals surface area contributed by atoms with Crippen molar-refractivity contribution in [3.63, 3.8) is 0 Å². The molecule has 4 rings (SSSR count). The van der Waals surface area contributed by atoms with Gasteiger partial charge in [0.25, 0.3) is 0 Å². The average Bonchev–Trinajstić information content (AvgIpc) is 3.27. The number of aromatic nitrogens is 2. The number of amides is 2. The third-order valence-electron chi connectivity index (χ3n) is 5.81. The van der Waals surface area contributed by atoms with E-state index in [9.17, 15) is 4.79 Å². The molecule has 1 fully saturated rings. The molecule has 3 aromatic rings. The summed E-state index contributed by atoms with van der Waals surface area (Å²) in [4.78, 5) is 21.7. The Kier molecular flexibility index (Phi) is 7.80. The van der Waals surface area contributed by atoms with Gasteiger partial charge in [0.1, 0.15) is 5.82 Å². The van der Waals surface area contributed by atoms with Crippen LogP contribution in [0.5, 0.6) is 0 Å². The third kappa shape index (κ3) is 6.43. The molecule has 2 heterocycles. The summed E-state index contributed by atoms with van der Waals surface area (Å²) in [6, 6.07) is 13.7. The number of piperazine rings is 1. The molecule has 1 aliphatic heterocycles. The van der Waals surface area contributed by atoms with Gasteiger partial charge in [0.15, 0.2) is 0 Å². The first kappa shape index (κ1) is 23.5. The number of anilines is 2. The lowest BCUT2D eigenvalue weighted by molar-refractivity contribution is 0.240. The summed E-state index contributed by atoms with van der Waals surface area (Å²) in [7, 11) is 0. The largest absolute Gasteiger partial charge is 0.344 e. The molecule has 9 heteroatoms. The van der Waals surface area contributed by atoms with E-state index in [1.807, 2.05) is 56.3 Å². The fraction of sp³-hybridized carbons (Fsp3) is 0.375. The van der Waals surface area contributed by atoms with Crippen LogP contribution in [0.4, 0.5) is 15.6 Å². The lowest BCUT2D eigenvalue weighted by Crippen LogP contribution is -2.48. The molecule has 2 amide bonds. The third-order valence-corrected chi connectivity index (χ3v) is 6.88. The van der Waals surface area contributed by atoms with E-state index in [2.05, 4.69) is 24.8 Å². The Morgan fingerprint density at radius 3 is 2.45 bits per heavy atom. The molecule has 33 heavy (non-hydrogen) atoms. The molecule has 174 valence electrons. The number of rotatable bonds is 7. The molecule has 1 aliphatic rings. The number of para-hydroxylation sites is 1. The number of carbonyl (C=O) groups excluding carboxylic acids is 1. The van der Waals surface area contributed by atoms with E-state index in [4.69, 9.17) is 16.6 Å². The van der Waals surface area contributed by atoms with Crippen LogP contribution in [0.3, 0.4) is 0 Å². The molecule has 1 saturated heterocycles. The van der Waals surface area contributed by atoms with Crippen molar-refractivity contribution in [2.75, 3.05) is 49.5 Å². The van der Waals surface area contributed by atoms with Gasteiger partial charge in [-0.05, 0) is 42.7 Å². The van der Waals surface area contributed by atoms with E-state index in [0.29, 0.717) is 13.0 Å². The number of benzene rings is 2. The maximum Gasteiger partial charge on any atom is 0.319 e. The number of hydrogen-bond acceptors (Lipinski definition) is 6. The molecule has 0 spiro atoms. The zero-order chi connectivity index (χ0) is 23.2. The maximum atomic E-state index is 12.3. The van der Waals surface area contributed by atoms with Gasteiger partial charge in [0.05, 0.1) is 0 Å². The predicted octanol–water partition coefficient (Wildman–Crippen LogP) is 4.34. The number of hydrogen-bond donors (Lipinski definition) is 2. The second-order valence-electron chi connectivity index (χ2n) is 8.27. The summed E-state index contributed by atoms with van der Waals surface area (Å²) in [6.45, 7) is 9.13. The zero-order valence-electron chi connectivity index (χ0n) is 19.0. The van der Waals surface area contributed by atoms with Crippen LogP contribution in [0, 0.1) is 13.8 Å². The van der Waals surface area contributed by atoms with Crippen LogP contribution >= 0.6 is 23.1 Å². The van der Waals surface area contributed by atoms with Crippen molar-refractivity contribution in [1.29, 1.82) is 0 Å². The van der Waals surface area contributed by atoms with E-state index in [0.717, 1.165) is 71.1 Å². The highest BCUT2D eigenvalue weighted by molar-refractivity contribution is 7.09.